The summed E-state index contributed by atoms with van der Waals surface area (Å²) in [6.45, 7) is 0.510. The van der Waals surface area contributed by atoms with Gasteiger partial charge in [-0.25, -0.2) is 0 Å². The maximum atomic E-state index is 11.7. The number of methoxy groups -OCH3 is 2. The molecule has 0 aromatic heterocycles. The molecule has 0 unspecified atom stereocenters. The van der Waals surface area contributed by atoms with Crippen molar-refractivity contribution in [2.45, 2.75) is 25.2 Å². The highest BCUT2D eigenvalue weighted by Gasteiger charge is 2.33. The molecule has 5 heteroatoms. The first-order chi connectivity index (χ1) is 9.67. The van der Waals surface area contributed by atoms with E-state index in [1.807, 2.05) is 12.1 Å². The van der Waals surface area contributed by atoms with Crippen LogP contribution in [0.1, 0.15) is 23.6 Å². The lowest BCUT2D eigenvalue weighted by molar-refractivity contribution is -0.124. The Hall–Kier alpha value is -1.43. The van der Waals surface area contributed by atoms with Crippen LogP contribution in [0.4, 0.5) is 0 Å². The molecule has 1 aliphatic carbocycles. The monoisotopic (exact) mass is 278 g/mol. The smallest absolute Gasteiger partial charge is 0.222 e. The lowest BCUT2D eigenvalue weighted by Crippen LogP contribution is -2.42. The summed E-state index contributed by atoms with van der Waals surface area (Å²) < 4.78 is 10.3. The number of hydrogen-bond acceptors (Lipinski definition) is 4. The Balaban J connectivity index is 2.18. The Labute approximate surface area is 119 Å². The minimum atomic E-state index is -0.336. The minimum absolute atomic E-state index is 0.0785. The van der Waals surface area contributed by atoms with Crippen LogP contribution in [0.25, 0.3) is 0 Å². The van der Waals surface area contributed by atoms with Crippen molar-refractivity contribution in [3.63, 3.8) is 0 Å². The molecule has 1 amide bonds. The zero-order valence-electron chi connectivity index (χ0n) is 12.0. The Kier molecular flexibility index (Phi) is 5.11. The van der Waals surface area contributed by atoms with Crippen LogP contribution in [0.15, 0.2) is 24.3 Å². The van der Waals surface area contributed by atoms with Gasteiger partial charge in [-0.3, -0.25) is 4.79 Å². The highest BCUT2D eigenvalue weighted by atomic mass is 16.7. The fourth-order valence-corrected chi connectivity index (χ4v) is 2.80. The second kappa shape index (κ2) is 6.83. The third-order valence-corrected chi connectivity index (χ3v) is 3.91. The van der Waals surface area contributed by atoms with Crippen LogP contribution in [0.5, 0.6) is 0 Å². The number of primary amides is 1. The van der Waals surface area contributed by atoms with Gasteiger partial charge in [0, 0.05) is 26.8 Å². The average Bonchev–Trinajstić information content (AvgIpc) is 2.47. The first kappa shape index (κ1) is 15.0. The molecule has 2 rings (SSSR count). The van der Waals surface area contributed by atoms with E-state index < -0.39 is 0 Å². The fraction of sp³-hybridized carbons (Fsp3) is 0.533. The lowest BCUT2D eigenvalue weighted by Gasteiger charge is -2.33. The molecule has 0 bridgehead atoms. The number of nitrogens with one attached hydrogen (secondary N) is 1. The zero-order valence-corrected chi connectivity index (χ0v) is 12.0. The summed E-state index contributed by atoms with van der Waals surface area (Å²) in [6, 6.07) is 8.08. The number of carbonyl (C=O) groups excluding carboxylic acids is 1. The molecule has 0 aliphatic heterocycles. The van der Waals surface area contributed by atoms with Crippen LogP contribution in [0, 0.1) is 5.92 Å². The largest absolute Gasteiger partial charge is 0.369 e. The van der Waals surface area contributed by atoms with Crippen LogP contribution < -0.4 is 11.1 Å². The van der Waals surface area contributed by atoms with Gasteiger partial charge < -0.3 is 20.5 Å². The molecule has 5 nitrogen and oxygen atoms in total. The van der Waals surface area contributed by atoms with Gasteiger partial charge in [-0.05, 0) is 24.0 Å². The number of benzene rings is 1. The van der Waals surface area contributed by atoms with Crippen LogP contribution >= 0.6 is 0 Å². The highest BCUT2D eigenvalue weighted by Crippen LogP contribution is 2.34. The van der Waals surface area contributed by atoms with E-state index in [-0.39, 0.29) is 24.2 Å². The van der Waals surface area contributed by atoms with Crippen LogP contribution in [-0.2, 0) is 20.7 Å². The highest BCUT2D eigenvalue weighted by molar-refractivity contribution is 5.78. The van der Waals surface area contributed by atoms with Gasteiger partial charge in [0.15, 0.2) is 6.29 Å². The van der Waals surface area contributed by atoms with Gasteiger partial charge in [-0.2, -0.15) is 0 Å². The lowest BCUT2D eigenvalue weighted by atomic mass is 9.79. The first-order valence-corrected chi connectivity index (χ1v) is 6.83. The molecule has 0 saturated heterocycles. The molecule has 1 aliphatic rings. The molecule has 0 heterocycles. The third kappa shape index (κ3) is 3.17. The summed E-state index contributed by atoms with van der Waals surface area (Å²) in [7, 11) is 3.19. The number of hydrogen-bond donors (Lipinski definition) is 2. The van der Waals surface area contributed by atoms with Gasteiger partial charge in [0.2, 0.25) is 5.91 Å². The molecular formula is C15H22N2O3. The second-order valence-electron chi connectivity index (χ2n) is 5.03. The van der Waals surface area contributed by atoms with Gasteiger partial charge >= 0.3 is 0 Å². The van der Waals surface area contributed by atoms with Gasteiger partial charge in [-0.15, -0.1) is 0 Å². The Morgan fingerprint density at radius 2 is 2.10 bits per heavy atom. The van der Waals surface area contributed by atoms with E-state index in [4.69, 9.17) is 15.2 Å². The second-order valence-corrected chi connectivity index (χ2v) is 5.03. The normalized spacial score (nSPS) is 21.8. The molecule has 0 radical (unpaired) electrons. The van der Waals surface area contributed by atoms with Gasteiger partial charge in [0.05, 0.1) is 5.92 Å². The van der Waals surface area contributed by atoms with Crippen LogP contribution in [-0.4, -0.2) is 33.0 Å². The van der Waals surface area contributed by atoms with Crippen LogP contribution in [0.3, 0.4) is 0 Å². The summed E-state index contributed by atoms with van der Waals surface area (Å²) >= 11 is 0. The quantitative estimate of drug-likeness (QED) is 0.761. The van der Waals surface area contributed by atoms with Crippen molar-refractivity contribution in [3.05, 3.63) is 35.4 Å². The van der Waals surface area contributed by atoms with E-state index in [1.54, 1.807) is 14.2 Å². The predicted octanol–water partition coefficient (Wildman–Crippen LogP) is 0.984. The molecular weight excluding hydrogens is 256 g/mol. The van der Waals surface area contributed by atoms with Crippen molar-refractivity contribution < 1.29 is 14.3 Å². The number of rotatable bonds is 6. The zero-order chi connectivity index (χ0) is 14.5. The van der Waals surface area contributed by atoms with E-state index in [0.29, 0.717) is 6.54 Å². The van der Waals surface area contributed by atoms with E-state index in [1.165, 1.54) is 5.56 Å². The number of carbonyl (C=O) groups is 1. The summed E-state index contributed by atoms with van der Waals surface area (Å²) in [5.41, 5.74) is 7.96. The molecule has 0 fully saturated rings. The molecule has 0 spiro atoms. The maximum absolute atomic E-state index is 11.7. The summed E-state index contributed by atoms with van der Waals surface area (Å²) in [5.74, 6) is -0.456. The number of fused-ring (bicyclic) bond motifs is 1. The van der Waals surface area contributed by atoms with Crippen LogP contribution in [0.2, 0.25) is 0 Å². The Bertz CT molecular complexity index is 460. The Morgan fingerprint density at radius 1 is 1.40 bits per heavy atom. The standard InChI is InChI=1S/C15H22N2O3/c1-19-13(20-2)9-17-14-11-6-4-3-5-10(11)7-8-12(14)15(16)18/h3-6,12-14,17H,7-9H2,1-2H3,(H2,16,18)/t12-,14-/m0/s1. The van der Waals surface area contributed by atoms with Crippen molar-refractivity contribution in [2.75, 3.05) is 20.8 Å². The molecule has 1 aromatic carbocycles. The SMILES string of the molecule is COC(CN[C@H]1c2ccccc2CC[C@@H]1C(N)=O)OC. The van der Waals surface area contributed by atoms with Crippen molar-refractivity contribution in [1.82, 2.24) is 5.32 Å². The topological polar surface area (TPSA) is 73.6 Å². The fourth-order valence-electron chi connectivity index (χ4n) is 2.80. The molecule has 0 saturated carbocycles. The van der Waals surface area contributed by atoms with E-state index in [9.17, 15) is 4.79 Å². The summed E-state index contributed by atoms with van der Waals surface area (Å²) in [5, 5.41) is 3.36. The van der Waals surface area contributed by atoms with Crippen molar-refractivity contribution in [1.29, 1.82) is 0 Å². The molecule has 110 valence electrons. The number of ether oxygens (including phenoxy) is 2. The third-order valence-electron chi connectivity index (χ3n) is 3.91. The maximum Gasteiger partial charge on any atom is 0.222 e. The van der Waals surface area contributed by atoms with Crippen molar-refractivity contribution in [2.24, 2.45) is 11.7 Å². The van der Waals surface area contributed by atoms with Crippen molar-refractivity contribution >= 4 is 5.91 Å². The minimum Gasteiger partial charge on any atom is -0.369 e. The molecule has 1 aromatic rings. The summed E-state index contributed by atoms with van der Waals surface area (Å²) in [4.78, 5) is 11.7. The van der Waals surface area contributed by atoms with E-state index in [2.05, 4.69) is 17.4 Å². The van der Waals surface area contributed by atoms with Gasteiger partial charge in [0.25, 0.3) is 0 Å². The van der Waals surface area contributed by atoms with E-state index in [0.717, 1.165) is 18.4 Å². The number of nitrogens with two attached hydrogens (primary N) is 1. The molecule has 20 heavy (non-hydrogen) atoms. The van der Waals surface area contributed by atoms with Crippen molar-refractivity contribution in [3.8, 4) is 0 Å². The molecule has 2 atom stereocenters. The van der Waals surface area contributed by atoms with Gasteiger partial charge in [-0.1, -0.05) is 24.3 Å². The summed E-state index contributed by atoms with van der Waals surface area (Å²) in [6.07, 6.45) is 1.33. The van der Waals surface area contributed by atoms with Gasteiger partial charge in [0.1, 0.15) is 0 Å². The number of amides is 1. The first-order valence-electron chi connectivity index (χ1n) is 6.83. The van der Waals surface area contributed by atoms with E-state index >= 15 is 0 Å². The predicted molar refractivity (Wildman–Crippen MR) is 76.0 cm³/mol. The Morgan fingerprint density at radius 3 is 2.75 bits per heavy atom. The number of aryl methyl sites for hydroxylation is 1. The molecule has 3 N–H and O–H groups in total. The average molecular weight is 278 g/mol.